The van der Waals surface area contributed by atoms with Crippen molar-refractivity contribution in [1.82, 2.24) is 9.97 Å². The van der Waals surface area contributed by atoms with E-state index >= 15 is 0 Å². The Labute approximate surface area is 114 Å². The number of aromatic nitrogens is 2. The van der Waals surface area contributed by atoms with Gasteiger partial charge in [-0.2, -0.15) is 0 Å². The van der Waals surface area contributed by atoms with Crippen LogP contribution in [0.3, 0.4) is 0 Å². The van der Waals surface area contributed by atoms with Gasteiger partial charge in [-0.15, -0.1) is 0 Å². The summed E-state index contributed by atoms with van der Waals surface area (Å²) in [6, 6.07) is 7.58. The molecule has 18 heavy (non-hydrogen) atoms. The van der Waals surface area contributed by atoms with Crippen molar-refractivity contribution in [2.24, 2.45) is 0 Å². The first kappa shape index (κ1) is 12.8. The minimum absolute atomic E-state index is 0.314. The Hall–Kier alpha value is -1.62. The molecule has 1 aromatic carbocycles. The van der Waals surface area contributed by atoms with E-state index in [0.717, 1.165) is 21.5 Å². The molecule has 0 fully saturated rings. The van der Waals surface area contributed by atoms with Crippen LogP contribution < -0.4 is 10.5 Å². The third-order valence-corrected chi connectivity index (χ3v) is 2.91. The Morgan fingerprint density at radius 2 is 2.00 bits per heavy atom. The molecule has 0 unspecified atom stereocenters. The smallest absolute Gasteiger partial charge is 0.168 e. The summed E-state index contributed by atoms with van der Waals surface area (Å²) in [6.45, 7) is 4.19. The van der Waals surface area contributed by atoms with Crippen LogP contribution in [0.4, 0.5) is 5.82 Å². The number of hydrogen-bond donors (Lipinski definition) is 1. The van der Waals surface area contributed by atoms with Crippen LogP contribution >= 0.6 is 15.9 Å². The highest BCUT2D eigenvalue weighted by atomic mass is 79.9. The topological polar surface area (TPSA) is 61.0 Å². The van der Waals surface area contributed by atoms with Crippen molar-refractivity contribution in [3.05, 3.63) is 45.8 Å². The number of nitrogen functional groups attached to an aromatic ring is 1. The lowest BCUT2D eigenvalue weighted by molar-refractivity contribution is 0.293. The molecule has 0 atom stereocenters. The number of nitrogens with zero attached hydrogens (tertiary/aromatic N) is 2. The molecule has 0 radical (unpaired) electrons. The molecule has 94 valence electrons. The molecule has 0 aliphatic carbocycles. The van der Waals surface area contributed by atoms with Crippen molar-refractivity contribution in [2.45, 2.75) is 20.5 Å². The number of nitrogens with two attached hydrogens (primary N) is 1. The Morgan fingerprint density at radius 1 is 1.22 bits per heavy atom. The van der Waals surface area contributed by atoms with Gasteiger partial charge in [0.15, 0.2) is 5.82 Å². The lowest BCUT2D eigenvalue weighted by Crippen LogP contribution is -2.05. The van der Waals surface area contributed by atoms with Crippen LogP contribution in [-0.4, -0.2) is 9.97 Å². The van der Waals surface area contributed by atoms with Crippen molar-refractivity contribution < 1.29 is 4.74 Å². The summed E-state index contributed by atoms with van der Waals surface area (Å²) in [5.41, 5.74) is 7.57. The van der Waals surface area contributed by atoms with Crippen LogP contribution in [0.2, 0.25) is 0 Å². The summed E-state index contributed by atoms with van der Waals surface area (Å²) < 4.78 is 6.72. The van der Waals surface area contributed by atoms with Crippen molar-refractivity contribution in [1.29, 1.82) is 0 Å². The maximum Gasteiger partial charge on any atom is 0.168 e. The molecule has 0 aliphatic heterocycles. The molecule has 0 bridgehead atoms. The molecule has 2 N–H and O–H groups in total. The van der Waals surface area contributed by atoms with Gasteiger partial charge < -0.3 is 10.5 Å². The minimum atomic E-state index is 0.314. The summed E-state index contributed by atoms with van der Waals surface area (Å²) in [5.74, 6) is 1.88. The second-order valence-electron chi connectivity index (χ2n) is 4.05. The van der Waals surface area contributed by atoms with Crippen LogP contribution in [0.15, 0.2) is 28.7 Å². The molecule has 0 amide bonds. The second-order valence-corrected chi connectivity index (χ2v) is 4.96. The molecule has 1 aromatic heterocycles. The highest BCUT2D eigenvalue weighted by Gasteiger charge is 2.04. The fraction of sp³-hybridized carbons (Fsp3) is 0.231. The normalized spacial score (nSPS) is 10.4. The molecular weight excluding hydrogens is 294 g/mol. The van der Waals surface area contributed by atoms with Crippen molar-refractivity contribution >= 4 is 21.7 Å². The molecule has 0 spiro atoms. The van der Waals surface area contributed by atoms with E-state index in [1.54, 1.807) is 6.07 Å². The highest BCUT2D eigenvalue weighted by molar-refractivity contribution is 9.10. The molecule has 4 nitrogen and oxygen atoms in total. The predicted octanol–water partition coefficient (Wildman–Crippen LogP) is 3.02. The zero-order valence-corrected chi connectivity index (χ0v) is 11.9. The minimum Gasteiger partial charge on any atom is -0.485 e. The van der Waals surface area contributed by atoms with Crippen LogP contribution in [0, 0.1) is 13.8 Å². The number of hydrogen-bond acceptors (Lipinski definition) is 4. The fourth-order valence-corrected chi connectivity index (χ4v) is 2.11. The summed E-state index contributed by atoms with van der Waals surface area (Å²) in [5, 5.41) is 0. The maximum atomic E-state index is 5.69. The van der Waals surface area contributed by atoms with E-state index in [1.807, 2.05) is 32.0 Å². The van der Waals surface area contributed by atoms with E-state index in [4.69, 9.17) is 10.5 Å². The van der Waals surface area contributed by atoms with E-state index in [2.05, 4.69) is 25.9 Å². The highest BCUT2D eigenvalue weighted by Crippen LogP contribution is 2.22. The van der Waals surface area contributed by atoms with Gasteiger partial charge in [-0.25, -0.2) is 9.97 Å². The molecular formula is C13H14BrN3O. The van der Waals surface area contributed by atoms with Gasteiger partial charge >= 0.3 is 0 Å². The summed E-state index contributed by atoms with van der Waals surface area (Å²) in [4.78, 5) is 8.40. The third kappa shape index (κ3) is 3.20. The number of rotatable bonds is 3. The van der Waals surface area contributed by atoms with Gasteiger partial charge in [-0.3, -0.25) is 0 Å². The van der Waals surface area contributed by atoms with Gasteiger partial charge in [0.25, 0.3) is 0 Å². The summed E-state index contributed by atoms with van der Waals surface area (Å²) in [7, 11) is 0. The second kappa shape index (κ2) is 5.35. The number of anilines is 1. The molecule has 1 heterocycles. The van der Waals surface area contributed by atoms with E-state index in [-0.39, 0.29) is 0 Å². The molecule has 0 aliphatic rings. The number of aryl methyl sites for hydroxylation is 2. The zero-order chi connectivity index (χ0) is 13.1. The maximum absolute atomic E-state index is 5.69. The molecule has 0 saturated heterocycles. The molecule has 2 aromatic rings. The number of benzene rings is 1. The van der Waals surface area contributed by atoms with Crippen LogP contribution in [0.25, 0.3) is 0 Å². The Balaban J connectivity index is 2.11. The molecule has 0 saturated carbocycles. The van der Waals surface area contributed by atoms with Crippen LogP contribution in [-0.2, 0) is 6.61 Å². The lowest BCUT2D eigenvalue weighted by atomic mass is 10.2. The van der Waals surface area contributed by atoms with Crippen LogP contribution in [0.5, 0.6) is 5.75 Å². The predicted molar refractivity (Wildman–Crippen MR) is 74.4 cm³/mol. The fourth-order valence-electron chi connectivity index (χ4n) is 1.64. The third-order valence-electron chi connectivity index (χ3n) is 2.41. The van der Waals surface area contributed by atoms with E-state index in [0.29, 0.717) is 18.2 Å². The monoisotopic (exact) mass is 307 g/mol. The first-order valence-corrected chi connectivity index (χ1v) is 6.33. The Morgan fingerprint density at radius 3 is 2.67 bits per heavy atom. The van der Waals surface area contributed by atoms with Crippen molar-refractivity contribution in [3.8, 4) is 5.75 Å². The van der Waals surface area contributed by atoms with Gasteiger partial charge in [-0.1, -0.05) is 15.9 Å². The van der Waals surface area contributed by atoms with E-state index in [1.165, 1.54) is 0 Å². The standard InChI is InChI=1S/C13H14BrN3O/c1-8-5-10(14)3-4-11(8)18-7-13-16-9(2)6-12(15)17-13/h3-6H,7H2,1-2H3,(H2,15,16,17). The van der Waals surface area contributed by atoms with Gasteiger partial charge in [-0.05, 0) is 37.6 Å². The van der Waals surface area contributed by atoms with Gasteiger partial charge in [0.2, 0.25) is 0 Å². The van der Waals surface area contributed by atoms with Gasteiger partial charge in [0.1, 0.15) is 18.2 Å². The van der Waals surface area contributed by atoms with Crippen LogP contribution in [0.1, 0.15) is 17.1 Å². The largest absolute Gasteiger partial charge is 0.485 e. The number of halogens is 1. The van der Waals surface area contributed by atoms with Crippen molar-refractivity contribution in [2.75, 3.05) is 5.73 Å². The summed E-state index contributed by atoms with van der Waals surface area (Å²) in [6.07, 6.45) is 0. The Bertz CT molecular complexity index is 552. The van der Waals surface area contributed by atoms with E-state index < -0.39 is 0 Å². The first-order valence-electron chi connectivity index (χ1n) is 5.53. The average Bonchev–Trinajstić information content (AvgIpc) is 2.26. The average molecular weight is 308 g/mol. The van der Waals surface area contributed by atoms with Crippen molar-refractivity contribution in [3.63, 3.8) is 0 Å². The quantitative estimate of drug-likeness (QED) is 0.947. The lowest BCUT2D eigenvalue weighted by Gasteiger charge is -2.09. The van der Waals surface area contributed by atoms with Gasteiger partial charge in [0, 0.05) is 16.2 Å². The molecule has 2 rings (SSSR count). The summed E-state index contributed by atoms with van der Waals surface area (Å²) >= 11 is 3.41. The number of ether oxygens (including phenoxy) is 1. The van der Waals surface area contributed by atoms with Gasteiger partial charge in [0.05, 0.1) is 0 Å². The zero-order valence-electron chi connectivity index (χ0n) is 10.3. The first-order chi connectivity index (χ1) is 8.54. The molecule has 5 heteroatoms. The SMILES string of the molecule is Cc1cc(N)nc(COc2ccc(Br)cc2C)n1. The van der Waals surface area contributed by atoms with E-state index in [9.17, 15) is 0 Å². The Kier molecular flexibility index (Phi) is 3.81.